The van der Waals surface area contributed by atoms with E-state index in [2.05, 4.69) is 20.3 Å². The van der Waals surface area contributed by atoms with Crippen molar-refractivity contribution in [3.8, 4) is 6.07 Å². The normalized spacial score (nSPS) is 9.50. The summed E-state index contributed by atoms with van der Waals surface area (Å²) in [5.41, 5.74) is 1.98. The van der Waals surface area contributed by atoms with Gasteiger partial charge in [-0.05, 0) is 19.1 Å². The average molecular weight is 211 g/mol. The SMILES string of the molecule is Cc1ccc(Nc2nccnc2C#N)cn1. The maximum absolute atomic E-state index is 8.83. The molecule has 2 aromatic heterocycles. The van der Waals surface area contributed by atoms with Gasteiger partial charge in [0.1, 0.15) is 6.07 Å². The van der Waals surface area contributed by atoms with Crippen LogP contribution in [-0.2, 0) is 0 Å². The van der Waals surface area contributed by atoms with Crippen LogP contribution in [0.4, 0.5) is 11.5 Å². The zero-order valence-electron chi connectivity index (χ0n) is 8.68. The number of pyridine rings is 1. The molecule has 5 nitrogen and oxygen atoms in total. The van der Waals surface area contributed by atoms with Crippen molar-refractivity contribution in [2.45, 2.75) is 6.92 Å². The van der Waals surface area contributed by atoms with Gasteiger partial charge in [-0.1, -0.05) is 0 Å². The third-order valence-corrected chi connectivity index (χ3v) is 1.98. The highest BCUT2D eigenvalue weighted by molar-refractivity contribution is 5.59. The van der Waals surface area contributed by atoms with Crippen molar-refractivity contribution >= 4 is 11.5 Å². The molecule has 0 bridgehead atoms. The van der Waals surface area contributed by atoms with Gasteiger partial charge in [-0.15, -0.1) is 0 Å². The second kappa shape index (κ2) is 4.36. The van der Waals surface area contributed by atoms with Crippen molar-refractivity contribution in [1.29, 1.82) is 5.26 Å². The van der Waals surface area contributed by atoms with E-state index in [1.54, 1.807) is 6.20 Å². The Bertz CT molecular complexity index is 527. The second-order valence-corrected chi connectivity index (χ2v) is 3.18. The summed E-state index contributed by atoms with van der Waals surface area (Å²) in [5, 5.41) is 11.8. The predicted molar refractivity (Wildman–Crippen MR) is 59.0 cm³/mol. The summed E-state index contributed by atoms with van der Waals surface area (Å²) in [6.45, 7) is 1.91. The lowest BCUT2D eigenvalue weighted by Gasteiger charge is -2.05. The van der Waals surface area contributed by atoms with Gasteiger partial charge in [0, 0.05) is 18.1 Å². The molecule has 0 aliphatic heterocycles. The molecular weight excluding hydrogens is 202 g/mol. The zero-order valence-corrected chi connectivity index (χ0v) is 8.68. The van der Waals surface area contributed by atoms with Gasteiger partial charge in [-0.3, -0.25) is 4.98 Å². The molecule has 0 aromatic carbocycles. The van der Waals surface area contributed by atoms with Gasteiger partial charge in [0.2, 0.25) is 0 Å². The lowest BCUT2D eigenvalue weighted by Crippen LogP contribution is -1.98. The quantitative estimate of drug-likeness (QED) is 0.819. The highest BCUT2D eigenvalue weighted by Crippen LogP contribution is 2.15. The first-order valence-corrected chi connectivity index (χ1v) is 4.70. The van der Waals surface area contributed by atoms with E-state index in [1.807, 2.05) is 25.1 Å². The number of aryl methyl sites for hydroxylation is 1. The van der Waals surface area contributed by atoms with Crippen molar-refractivity contribution in [3.05, 3.63) is 42.1 Å². The molecule has 2 aromatic rings. The Hall–Kier alpha value is -2.48. The molecule has 0 saturated carbocycles. The van der Waals surface area contributed by atoms with E-state index in [-0.39, 0.29) is 5.69 Å². The number of nitrogens with one attached hydrogen (secondary N) is 1. The molecule has 0 amide bonds. The minimum absolute atomic E-state index is 0.267. The van der Waals surface area contributed by atoms with Gasteiger partial charge < -0.3 is 5.32 Å². The van der Waals surface area contributed by atoms with Gasteiger partial charge in [-0.2, -0.15) is 5.26 Å². The molecule has 16 heavy (non-hydrogen) atoms. The van der Waals surface area contributed by atoms with E-state index >= 15 is 0 Å². The van der Waals surface area contributed by atoms with Crippen LogP contribution in [-0.4, -0.2) is 15.0 Å². The smallest absolute Gasteiger partial charge is 0.183 e. The second-order valence-electron chi connectivity index (χ2n) is 3.18. The number of rotatable bonds is 2. The fraction of sp³-hybridized carbons (Fsp3) is 0.0909. The third kappa shape index (κ3) is 2.12. The summed E-state index contributed by atoms with van der Waals surface area (Å²) < 4.78 is 0. The molecule has 0 aliphatic carbocycles. The van der Waals surface area contributed by atoms with Crippen molar-refractivity contribution < 1.29 is 0 Å². The number of nitriles is 1. The number of anilines is 2. The van der Waals surface area contributed by atoms with E-state index in [1.165, 1.54) is 12.4 Å². The van der Waals surface area contributed by atoms with Crippen LogP contribution in [0.2, 0.25) is 0 Å². The van der Waals surface area contributed by atoms with Gasteiger partial charge in [0.15, 0.2) is 11.5 Å². The molecule has 0 aliphatic rings. The molecular formula is C11H9N5. The average Bonchev–Trinajstić information content (AvgIpc) is 2.33. The Kier molecular flexibility index (Phi) is 2.74. The van der Waals surface area contributed by atoms with Crippen molar-refractivity contribution in [3.63, 3.8) is 0 Å². The van der Waals surface area contributed by atoms with Crippen LogP contribution in [0.5, 0.6) is 0 Å². The number of hydrogen-bond acceptors (Lipinski definition) is 5. The molecule has 0 saturated heterocycles. The fourth-order valence-corrected chi connectivity index (χ4v) is 1.19. The predicted octanol–water partition coefficient (Wildman–Crippen LogP) is 1.80. The molecule has 0 spiro atoms. The Morgan fingerprint density at radius 1 is 1.19 bits per heavy atom. The summed E-state index contributed by atoms with van der Waals surface area (Å²) in [4.78, 5) is 12.1. The van der Waals surface area contributed by atoms with Crippen LogP contribution in [0.3, 0.4) is 0 Å². The van der Waals surface area contributed by atoms with Crippen molar-refractivity contribution in [2.24, 2.45) is 0 Å². The zero-order chi connectivity index (χ0) is 11.4. The summed E-state index contributed by atoms with van der Waals surface area (Å²) >= 11 is 0. The summed E-state index contributed by atoms with van der Waals surface area (Å²) in [6.07, 6.45) is 4.70. The van der Waals surface area contributed by atoms with Crippen LogP contribution in [0.25, 0.3) is 0 Å². The minimum Gasteiger partial charge on any atom is -0.337 e. The highest BCUT2D eigenvalue weighted by Gasteiger charge is 2.03. The van der Waals surface area contributed by atoms with Crippen LogP contribution >= 0.6 is 0 Å². The van der Waals surface area contributed by atoms with Crippen molar-refractivity contribution in [1.82, 2.24) is 15.0 Å². The molecule has 2 heterocycles. The third-order valence-electron chi connectivity index (χ3n) is 1.98. The molecule has 0 radical (unpaired) electrons. The van der Waals surface area contributed by atoms with Gasteiger partial charge in [-0.25, -0.2) is 9.97 Å². The van der Waals surface area contributed by atoms with Gasteiger partial charge >= 0.3 is 0 Å². The number of nitrogens with zero attached hydrogens (tertiary/aromatic N) is 4. The van der Waals surface area contributed by atoms with Gasteiger partial charge in [0.25, 0.3) is 0 Å². The maximum atomic E-state index is 8.83. The first-order valence-electron chi connectivity index (χ1n) is 4.70. The summed E-state index contributed by atoms with van der Waals surface area (Å²) in [7, 11) is 0. The standard InChI is InChI=1S/C11H9N5/c1-8-2-3-9(7-15-8)16-11-10(6-12)13-4-5-14-11/h2-5,7H,1H3,(H,14,16). The molecule has 78 valence electrons. The Labute approximate surface area is 92.8 Å². The molecule has 0 fully saturated rings. The van der Waals surface area contributed by atoms with E-state index in [4.69, 9.17) is 5.26 Å². The first-order chi connectivity index (χ1) is 7.79. The molecule has 0 atom stereocenters. The monoisotopic (exact) mass is 211 g/mol. The van der Waals surface area contributed by atoms with Crippen LogP contribution in [0.15, 0.2) is 30.7 Å². The maximum Gasteiger partial charge on any atom is 0.183 e. The highest BCUT2D eigenvalue weighted by atomic mass is 15.0. The summed E-state index contributed by atoms with van der Waals surface area (Å²) in [5.74, 6) is 0.440. The van der Waals surface area contributed by atoms with Crippen LogP contribution in [0.1, 0.15) is 11.4 Å². The summed E-state index contributed by atoms with van der Waals surface area (Å²) in [6, 6.07) is 5.72. The Morgan fingerprint density at radius 2 is 2.00 bits per heavy atom. The largest absolute Gasteiger partial charge is 0.337 e. The molecule has 2 rings (SSSR count). The molecule has 1 N–H and O–H groups in total. The van der Waals surface area contributed by atoms with E-state index < -0.39 is 0 Å². The minimum atomic E-state index is 0.267. The van der Waals surface area contributed by atoms with E-state index in [0.717, 1.165) is 11.4 Å². The van der Waals surface area contributed by atoms with Gasteiger partial charge in [0.05, 0.1) is 11.9 Å². The number of aromatic nitrogens is 3. The Balaban J connectivity index is 2.27. The van der Waals surface area contributed by atoms with Crippen molar-refractivity contribution in [2.75, 3.05) is 5.32 Å². The first kappa shape index (κ1) is 10.1. The van der Waals surface area contributed by atoms with Crippen LogP contribution in [0, 0.1) is 18.3 Å². The van der Waals surface area contributed by atoms with E-state index in [9.17, 15) is 0 Å². The number of hydrogen-bond donors (Lipinski definition) is 1. The van der Waals surface area contributed by atoms with Crippen LogP contribution < -0.4 is 5.32 Å². The molecule has 0 unspecified atom stereocenters. The molecule has 5 heteroatoms. The lowest BCUT2D eigenvalue weighted by atomic mass is 10.3. The lowest BCUT2D eigenvalue weighted by molar-refractivity contribution is 1.15. The fourth-order valence-electron chi connectivity index (χ4n) is 1.19. The topological polar surface area (TPSA) is 74.5 Å². The Morgan fingerprint density at radius 3 is 2.69 bits per heavy atom. The van der Waals surface area contributed by atoms with E-state index in [0.29, 0.717) is 5.82 Å².